The van der Waals surface area contributed by atoms with Crippen LogP contribution in [0, 0.1) is 6.92 Å². The first-order valence-corrected chi connectivity index (χ1v) is 7.62. The van der Waals surface area contributed by atoms with Crippen LogP contribution in [0.2, 0.25) is 0 Å². The third kappa shape index (κ3) is 14.0. The molecule has 0 aliphatic rings. The second-order valence-electron chi connectivity index (χ2n) is 5.03. The Bertz CT molecular complexity index is 92.6. The molecule has 0 bridgehead atoms. The summed E-state index contributed by atoms with van der Waals surface area (Å²) in [5, 5.41) is 0. The van der Waals surface area contributed by atoms with Crippen LogP contribution in [0.4, 0.5) is 0 Å². The van der Waals surface area contributed by atoms with E-state index < -0.39 is 0 Å². The molecule has 0 saturated carbocycles. The summed E-state index contributed by atoms with van der Waals surface area (Å²) in [5.74, 6) is 0. The van der Waals surface area contributed by atoms with Crippen molar-refractivity contribution in [2.45, 2.75) is 96.8 Å². The summed E-state index contributed by atoms with van der Waals surface area (Å²) in [5.41, 5.74) is 0. The molecule has 2 radical (unpaired) electrons. The van der Waals surface area contributed by atoms with Gasteiger partial charge in [-0.1, -0.05) is 90.4 Å². The van der Waals surface area contributed by atoms with E-state index in [1.54, 1.807) is 0 Å². The molecule has 0 fully saturated rings. The lowest BCUT2D eigenvalue weighted by Crippen LogP contribution is -1.82. The molecule has 0 amide bonds. The molecule has 0 rings (SSSR count). The Kier molecular flexibility index (Phi) is 15.0. The fraction of sp³-hybridized carbons (Fsp3) is 0.938. The Morgan fingerprint density at radius 1 is 0.500 bits per heavy atom. The van der Waals surface area contributed by atoms with Crippen LogP contribution in [-0.4, -0.2) is 0 Å². The molecule has 0 aliphatic heterocycles. The minimum Gasteiger partial charge on any atom is -0.0654 e. The molecular weight excluding hydrogens is 192 g/mol. The number of rotatable bonds is 13. The van der Waals surface area contributed by atoms with Crippen molar-refractivity contribution in [2.75, 3.05) is 0 Å². The fourth-order valence-electron chi connectivity index (χ4n) is 2.16. The number of unbranched alkanes of at least 4 members (excludes halogenated alkanes) is 13. The van der Waals surface area contributed by atoms with Crippen molar-refractivity contribution in [3.63, 3.8) is 0 Å². The molecule has 0 N–H and O–H groups in total. The highest BCUT2D eigenvalue weighted by molar-refractivity contribution is 4.49. The van der Waals surface area contributed by atoms with Crippen LogP contribution in [0.15, 0.2) is 0 Å². The maximum atomic E-state index is 5.46. The summed E-state index contributed by atoms with van der Waals surface area (Å²) in [7, 11) is 0. The lowest BCUT2D eigenvalue weighted by Gasteiger charge is -2.02. The van der Waals surface area contributed by atoms with Gasteiger partial charge in [0.2, 0.25) is 0 Å². The van der Waals surface area contributed by atoms with Crippen molar-refractivity contribution in [1.82, 2.24) is 0 Å². The molecule has 0 atom stereocenters. The summed E-state index contributed by atoms with van der Waals surface area (Å²) in [6.07, 6.45) is 19.3. The molecule has 0 nitrogen and oxygen atoms in total. The standard InChI is InChI=1S/C16H32/c1-3-5-7-9-11-13-15-16-14-12-10-8-6-4-2/h1H,3-16H2,2H3. The zero-order valence-corrected chi connectivity index (χ0v) is 11.5. The quantitative estimate of drug-likeness (QED) is 0.328. The zero-order valence-electron chi connectivity index (χ0n) is 11.5. The highest BCUT2D eigenvalue weighted by Gasteiger charge is 1.92. The molecule has 96 valence electrons. The number of hydrogen-bond donors (Lipinski definition) is 0. The summed E-state index contributed by atoms with van der Waals surface area (Å²) in [6.45, 7) is 7.74. The van der Waals surface area contributed by atoms with Gasteiger partial charge in [0.1, 0.15) is 0 Å². The van der Waals surface area contributed by atoms with E-state index in [0.29, 0.717) is 0 Å². The van der Waals surface area contributed by atoms with Crippen molar-refractivity contribution in [3.05, 3.63) is 6.92 Å². The monoisotopic (exact) mass is 224 g/mol. The van der Waals surface area contributed by atoms with Gasteiger partial charge in [-0.3, -0.25) is 0 Å². The average Bonchev–Trinajstić information content (AvgIpc) is 2.31. The smallest absolute Gasteiger partial charge is 0.0352 e. The predicted octanol–water partition coefficient (Wildman–Crippen LogP) is 6.18. The molecule has 0 unspecified atom stereocenters. The normalized spacial score (nSPS) is 10.9. The average molecular weight is 224 g/mol. The van der Waals surface area contributed by atoms with Gasteiger partial charge in [0, 0.05) is 0 Å². The summed E-state index contributed by atoms with van der Waals surface area (Å²) >= 11 is 0. The molecule has 16 heavy (non-hydrogen) atoms. The lowest BCUT2D eigenvalue weighted by atomic mass is 10.0. The Hall–Kier alpha value is 0. The van der Waals surface area contributed by atoms with Gasteiger partial charge >= 0.3 is 0 Å². The van der Waals surface area contributed by atoms with Crippen LogP contribution in [-0.2, 0) is 0 Å². The molecule has 0 aromatic heterocycles. The van der Waals surface area contributed by atoms with Crippen LogP contribution in [0.25, 0.3) is 0 Å². The van der Waals surface area contributed by atoms with Crippen LogP contribution in [0.1, 0.15) is 96.8 Å². The summed E-state index contributed by atoms with van der Waals surface area (Å²) in [4.78, 5) is 0. The molecule has 0 heterocycles. The van der Waals surface area contributed by atoms with Crippen molar-refractivity contribution >= 4 is 0 Å². The van der Waals surface area contributed by atoms with Gasteiger partial charge in [-0.05, 0) is 13.3 Å². The highest BCUT2D eigenvalue weighted by atomic mass is 14.0. The van der Waals surface area contributed by atoms with E-state index in [0.717, 1.165) is 6.42 Å². The Labute approximate surface area is 104 Å². The lowest BCUT2D eigenvalue weighted by molar-refractivity contribution is 0.540. The topological polar surface area (TPSA) is 0 Å². The first-order valence-electron chi connectivity index (χ1n) is 7.62. The summed E-state index contributed by atoms with van der Waals surface area (Å²) < 4.78 is 0. The van der Waals surface area contributed by atoms with Crippen LogP contribution in [0.3, 0.4) is 0 Å². The molecule has 0 aromatic rings. The Balaban J connectivity index is 2.83. The van der Waals surface area contributed by atoms with Gasteiger partial charge in [0.05, 0.1) is 0 Å². The molecular formula is C16H32. The maximum Gasteiger partial charge on any atom is -0.0352 e. The van der Waals surface area contributed by atoms with Crippen molar-refractivity contribution in [3.8, 4) is 0 Å². The minimum atomic E-state index is 0.873. The largest absolute Gasteiger partial charge is 0.0654 e. The van der Waals surface area contributed by atoms with E-state index in [1.165, 1.54) is 83.5 Å². The molecule has 0 aromatic carbocycles. The molecule has 0 spiro atoms. The molecule has 0 heteroatoms. The van der Waals surface area contributed by atoms with Crippen molar-refractivity contribution in [2.24, 2.45) is 0 Å². The zero-order chi connectivity index (χ0) is 11.9. The van der Waals surface area contributed by atoms with Crippen LogP contribution < -0.4 is 0 Å². The SMILES string of the molecule is [CH]CCCCCCCCCCCCCCC. The summed E-state index contributed by atoms with van der Waals surface area (Å²) in [6, 6.07) is 0. The molecule has 0 aliphatic carbocycles. The van der Waals surface area contributed by atoms with E-state index in [9.17, 15) is 0 Å². The van der Waals surface area contributed by atoms with Crippen molar-refractivity contribution < 1.29 is 0 Å². The minimum absolute atomic E-state index is 0.873. The van der Waals surface area contributed by atoms with Gasteiger partial charge in [-0.2, -0.15) is 0 Å². The van der Waals surface area contributed by atoms with Gasteiger partial charge in [0.25, 0.3) is 0 Å². The first-order chi connectivity index (χ1) is 7.91. The van der Waals surface area contributed by atoms with Crippen molar-refractivity contribution in [1.29, 1.82) is 0 Å². The first kappa shape index (κ1) is 16.0. The fourth-order valence-corrected chi connectivity index (χ4v) is 2.16. The van der Waals surface area contributed by atoms with Crippen LogP contribution in [0.5, 0.6) is 0 Å². The van der Waals surface area contributed by atoms with Gasteiger partial charge in [-0.25, -0.2) is 0 Å². The van der Waals surface area contributed by atoms with E-state index in [4.69, 9.17) is 6.92 Å². The third-order valence-electron chi connectivity index (χ3n) is 3.31. The van der Waals surface area contributed by atoms with Gasteiger partial charge < -0.3 is 0 Å². The van der Waals surface area contributed by atoms with Gasteiger partial charge in [-0.15, -0.1) is 0 Å². The number of hydrogen-bond acceptors (Lipinski definition) is 0. The second-order valence-corrected chi connectivity index (χ2v) is 5.03. The Morgan fingerprint density at radius 2 is 0.812 bits per heavy atom. The maximum absolute atomic E-state index is 5.46. The van der Waals surface area contributed by atoms with E-state index >= 15 is 0 Å². The third-order valence-corrected chi connectivity index (χ3v) is 3.31. The van der Waals surface area contributed by atoms with Gasteiger partial charge in [0.15, 0.2) is 0 Å². The van der Waals surface area contributed by atoms with E-state index in [1.807, 2.05) is 0 Å². The highest BCUT2D eigenvalue weighted by Crippen LogP contribution is 2.12. The predicted molar refractivity (Wildman–Crippen MR) is 74.6 cm³/mol. The van der Waals surface area contributed by atoms with E-state index in [-0.39, 0.29) is 0 Å². The van der Waals surface area contributed by atoms with E-state index in [2.05, 4.69) is 6.92 Å². The second kappa shape index (κ2) is 15.0. The molecule has 0 saturated heterocycles. The Morgan fingerprint density at radius 3 is 1.12 bits per heavy atom. The van der Waals surface area contributed by atoms with Crippen LogP contribution >= 0.6 is 0 Å².